The quantitative estimate of drug-likeness (QED) is 0.717. The second kappa shape index (κ2) is 9.29. The van der Waals surface area contributed by atoms with E-state index in [0.717, 1.165) is 56.9 Å². The lowest BCUT2D eigenvalue weighted by atomic mass is 9.88. The highest BCUT2D eigenvalue weighted by molar-refractivity contribution is 5.73. The number of rotatable bonds is 8. The Balaban J connectivity index is 1.29. The third-order valence-electron chi connectivity index (χ3n) is 6.06. The van der Waals surface area contributed by atoms with Crippen molar-refractivity contribution in [3.8, 4) is 0 Å². The van der Waals surface area contributed by atoms with Gasteiger partial charge in [0.2, 0.25) is 5.91 Å². The molecule has 2 aliphatic heterocycles. The summed E-state index contributed by atoms with van der Waals surface area (Å²) in [5.41, 5.74) is 2.17. The summed E-state index contributed by atoms with van der Waals surface area (Å²) in [5.74, 6) is 1.05. The minimum atomic E-state index is -0.0762. The minimum absolute atomic E-state index is 0.0762. The van der Waals surface area contributed by atoms with Crippen molar-refractivity contribution >= 4 is 5.91 Å². The molecule has 4 rings (SSSR count). The predicted octanol–water partition coefficient (Wildman–Crippen LogP) is 2.22. The summed E-state index contributed by atoms with van der Waals surface area (Å²) in [6.07, 6.45) is 2.76. The molecule has 7 nitrogen and oxygen atoms in total. The minimum Gasteiger partial charge on any atom is -0.377 e. The van der Waals surface area contributed by atoms with Crippen LogP contribution >= 0.6 is 0 Å². The van der Waals surface area contributed by atoms with E-state index >= 15 is 0 Å². The van der Waals surface area contributed by atoms with Gasteiger partial charge in [0.05, 0.1) is 31.0 Å². The molecule has 3 heterocycles. The monoisotopic (exact) mass is 412 g/mol. The predicted molar refractivity (Wildman–Crippen MR) is 114 cm³/mol. The number of hydrogen-bond donors (Lipinski definition) is 1. The lowest BCUT2D eigenvalue weighted by Crippen LogP contribution is -2.65. The number of benzene rings is 1. The molecule has 0 spiro atoms. The zero-order chi connectivity index (χ0) is 21.0. The van der Waals surface area contributed by atoms with E-state index in [1.165, 1.54) is 5.56 Å². The fourth-order valence-electron chi connectivity index (χ4n) is 4.43. The molecule has 2 fully saturated rings. The number of nitrogens with one attached hydrogen (secondary N) is 1. The summed E-state index contributed by atoms with van der Waals surface area (Å²) >= 11 is 0. The normalized spacial score (nSPS) is 19.1. The fraction of sp³-hybridized carbons (Fsp3) is 0.565. The van der Waals surface area contributed by atoms with E-state index in [2.05, 4.69) is 52.8 Å². The van der Waals surface area contributed by atoms with Gasteiger partial charge in [0, 0.05) is 45.1 Å². The van der Waals surface area contributed by atoms with Crippen LogP contribution < -0.4 is 5.32 Å². The van der Waals surface area contributed by atoms with E-state index in [1.807, 2.05) is 11.0 Å². The molecule has 0 saturated carbocycles. The Bertz CT molecular complexity index is 826. The van der Waals surface area contributed by atoms with E-state index in [4.69, 9.17) is 9.26 Å². The van der Waals surface area contributed by atoms with Crippen LogP contribution in [-0.4, -0.2) is 65.8 Å². The van der Waals surface area contributed by atoms with Gasteiger partial charge in [0.1, 0.15) is 0 Å². The Morgan fingerprint density at radius 3 is 2.60 bits per heavy atom. The maximum atomic E-state index is 11.5. The number of likely N-dealkylation sites (tertiary alicyclic amines) is 1. The van der Waals surface area contributed by atoms with Gasteiger partial charge >= 0.3 is 0 Å². The van der Waals surface area contributed by atoms with E-state index in [9.17, 15) is 4.79 Å². The van der Waals surface area contributed by atoms with Crippen LogP contribution in [0.5, 0.6) is 0 Å². The molecule has 0 unspecified atom stereocenters. The summed E-state index contributed by atoms with van der Waals surface area (Å²) in [5, 5.41) is 8.13. The van der Waals surface area contributed by atoms with Gasteiger partial charge in [-0.25, -0.2) is 0 Å². The second-order valence-electron chi connectivity index (χ2n) is 8.82. The average molecular weight is 413 g/mol. The highest BCUT2D eigenvalue weighted by Gasteiger charge is 2.41. The summed E-state index contributed by atoms with van der Waals surface area (Å²) in [6, 6.07) is 12.9. The number of ether oxygens (including phenoxy) is 1. The molecule has 0 aliphatic carbocycles. The fourth-order valence-corrected chi connectivity index (χ4v) is 4.43. The standard InChI is InChI=1S/C23H32N4O3/c1-18(28)27-10-8-20(9-11-27)24-23(16-29-17-23)13-21-12-22(30-25-21)15-26(2)14-19-6-4-3-5-7-19/h3-7,12,20,24H,8-11,13-17H2,1-2H3. The zero-order valence-corrected chi connectivity index (χ0v) is 18.0. The van der Waals surface area contributed by atoms with Crippen LogP contribution in [0, 0.1) is 0 Å². The van der Waals surface area contributed by atoms with Crippen LogP contribution in [0.2, 0.25) is 0 Å². The van der Waals surface area contributed by atoms with Gasteiger partial charge < -0.3 is 19.5 Å². The number of amides is 1. The van der Waals surface area contributed by atoms with Crippen LogP contribution in [0.3, 0.4) is 0 Å². The number of piperidine rings is 1. The highest BCUT2D eigenvalue weighted by atomic mass is 16.5. The van der Waals surface area contributed by atoms with Crippen LogP contribution in [0.25, 0.3) is 0 Å². The van der Waals surface area contributed by atoms with Crippen molar-refractivity contribution in [2.24, 2.45) is 0 Å². The number of carbonyl (C=O) groups is 1. The molecule has 1 aromatic carbocycles. The highest BCUT2D eigenvalue weighted by Crippen LogP contribution is 2.25. The molecular formula is C23H32N4O3. The van der Waals surface area contributed by atoms with E-state index in [1.54, 1.807) is 6.92 Å². The van der Waals surface area contributed by atoms with Crippen molar-refractivity contribution in [1.82, 2.24) is 20.3 Å². The van der Waals surface area contributed by atoms with Crippen molar-refractivity contribution in [1.29, 1.82) is 0 Å². The van der Waals surface area contributed by atoms with Gasteiger partial charge in [-0.3, -0.25) is 9.69 Å². The summed E-state index contributed by atoms with van der Waals surface area (Å²) in [7, 11) is 2.09. The zero-order valence-electron chi connectivity index (χ0n) is 18.0. The number of hydrogen-bond acceptors (Lipinski definition) is 6. The number of carbonyl (C=O) groups excluding carboxylic acids is 1. The van der Waals surface area contributed by atoms with Crippen molar-refractivity contribution in [3.05, 3.63) is 53.4 Å². The summed E-state index contributed by atoms with van der Waals surface area (Å²) in [6.45, 7) is 6.27. The Morgan fingerprint density at radius 1 is 1.23 bits per heavy atom. The van der Waals surface area contributed by atoms with Gasteiger partial charge in [-0.1, -0.05) is 35.5 Å². The molecule has 1 aromatic heterocycles. The van der Waals surface area contributed by atoms with Gasteiger partial charge in [-0.15, -0.1) is 0 Å². The van der Waals surface area contributed by atoms with Crippen LogP contribution in [0.4, 0.5) is 0 Å². The largest absolute Gasteiger partial charge is 0.377 e. The van der Waals surface area contributed by atoms with E-state index < -0.39 is 0 Å². The molecule has 2 aromatic rings. The Morgan fingerprint density at radius 2 is 1.97 bits per heavy atom. The molecule has 1 N–H and O–H groups in total. The van der Waals surface area contributed by atoms with E-state index in [0.29, 0.717) is 19.3 Å². The van der Waals surface area contributed by atoms with E-state index in [-0.39, 0.29) is 11.4 Å². The van der Waals surface area contributed by atoms with Gasteiger partial charge in [-0.05, 0) is 25.5 Å². The Hall–Kier alpha value is -2.22. The molecule has 0 radical (unpaired) electrons. The average Bonchev–Trinajstić information content (AvgIpc) is 3.14. The van der Waals surface area contributed by atoms with Crippen molar-refractivity contribution in [2.75, 3.05) is 33.4 Å². The lowest BCUT2D eigenvalue weighted by Gasteiger charge is -2.46. The van der Waals surface area contributed by atoms with Crippen LogP contribution in [0.1, 0.15) is 36.8 Å². The third kappa shape index (κ3) is 5.28. The second-order valence-corrected chi connectivity index (χ2v) is 8.82. The van der Waals surface area contributed by atoms with Gasteiger partial charge in [0.15, 0.2) is 5.76 Å². The molecule has 2 aliphatic rings. The molecule has 162 valence electrons. The molecule has 7 heteroatoms. The van der Waals surface area contributed by atoms with Crippen molar-refractivity contribution in [3.63, 3.8) is 0 Å². The topological polar surface area (TPSA) is 70.8 Å². The molecule has 0 atom stereocenters. The summed E-state index contributed by atoms with van der Waals surface area (Å²) < 4.78 is 11.2. The van der Waals surface area contributed by atoms with Crippen LogP contribution in [-0.2, 0) is 29.0 Å². The number of nitrogens with zero attached hydrogens (tertiary/aromatic N) is 3. The first kappa shape index (κ1) is 21.0. The van der Waals surface area contributed by atoms with Gasteiger partial charge in [-0.2, -0.15) is 0 Å². The lowest BCUT2D eigenvalue weighted by molar-refractivity contribution is -0.130. The van der Waals surface area contributed by atoms with Crippen molar-refractivity contribution < 1.29 is 14.1 Å². The molecule has 1 amide bonds. The molecule has 0 bridgehead atoms. The Labute approximate surface area is 178 Å². The van der Waals surface area contributed by atoms with Crippen molar-refractivity contribution in [2.45, 2.75) is 50.9 Å². The first-order chi connectivity index (χ1) is 14.5. The van der Waals surface area contributed by atoms with Gasteiger partial charge in [0.25, 0.3) is 0 Å². The maximum absolute atomic E-state index is 11.5. The smallest absolute Gasteiger partial charge is 0.219 e. The number of aromatic nitrogens is 1. The molecule has 30 heavy (non-hydrogen) atoms. The molecular weight excluding hydrogens is 380 g/mol. The maximum Gasteiger partial charge on any atom is 0.219 e. The first-order valence-corrected chi connectivity index (χ1v) is 10.8. The Kier molecular flexibility index (Phi) is 6.51. The SMILES string of the molecule is CC(=O)N1CCC(NC2(Cc3cc(CN(C)Cc4ccccc4)on3)COC2)CC1. The first-order valence-electron chi connectivity index (χ1n) is 10.8. The third-order valence-corrected chi connectivity index (χ3v) is 6.06. The molecule has 2 saturated heterocycles. The summed E-state index contributed by atoms with van der Waals surface area (Å²) in [4.78, 5) is 15.7. The van der Waals surface area contributed by atoms with Crippen LogP contribution in [0.15, 0.2) is 40.9 Å².